The maximum Gasteiger partial charge on any atom is 0.514 e. The smallest absolute Gasteiger partial charge is 0.434 e. The quantitative estimate of drug-likeness (QED) is 0.680. The van der Waals surface area contributed by atoms with Gasteiger partial charge in [0.1, 0.15) is 0 Å². The Labute approximate surface area is 75.2 Å². The summed E-state index contributed by atoms with van der Waals surface area (Å²) in [6.07, 6.45) is 0.717. The molecule has 6 nitrogen and oxygen atoms in total. The first-order chi connectivity index (χ1) is 6.13. The molecule has 0 aliphatic carbocycles. The Morgan fingerprint density at radius 2 is 2.46 bits per heavy atom. The van der Waals surface area contributed by atoms with Crippen LogP contribution < -0.4 is 10.5 Å². The van der Waals surface area contributed by atoms with Crippen molar-refractivity contribution in [2.24, 2.45) is 7.05 Å². The molecule has 0 unspecified atom stereocenters. The zero-order valence-corrected chi connectivity index (χ0v) is 7.48. The molecule has 0 aliphatic heterocycles. The number of rotatable bonds is 2. The van der Waals surface area contributed by atoms with E-state index in [4.69, 9.17) is 10.5 Å². The highest BCUT2D eigenvalue weighted by atomic mass is 16.7. The molecule has 1 aromatic heterocycles. The second-order valence-corrected chi connectivity index (χ2v) is 2.34. The van der Waals surface area contributed by atoms with Gasteiger partial charge in [-0.05, 0) is 6.92 Å². The standard InChI is InChI=1S/C7H11N3O3/c1-3-12-7(11)13-5-4-10(2)9-6(5)8/h4H,3H2,1-2H3,(H2,8,9). The zero-order chi connectivity index (χ0) is 9.84. The molecule has 1 aromatic rings. The van der Waals surface area contributed by atoms with Crippen LogP contribution in [0.2, 0.25) is 0 Å². The van der Waals surface area contributed by atoms with Crippen molar-refractivity contribution < 1.29 is 14.3 Å². The minimum absolute atomic E-state index is 0.163. The number of carbonyl (C=O) groups excluding carboxylic acids is 1. The second kappa shape index (κ2) is 3.79. The zero-order valence-electron chi connectivity index (χ0n) is 7.48. The Kier molecular flexibility index (Phi) is 2.73. The highest BCUT2D eigenvalue weighted by Gasteiger charge is 2.10. The second-order valence-electron chi connectivity index (χ2n) is 2.34. The Morgan fingerprint density at radius 3 is 2.92 bits per heavy atom. The van der Waals surface area contributed by atoms with Crippen LogP contribution in [0.1, 0.15) is 6.92 Å². The average Bonchev–Trinajstić information content (AvgIpc) is 2.30. The van der Waals surface area contributed by atoms with Crippen molar-refractivity contribution in [1.82, 2.24) is 9.78 Å². The van der Waals surface area contributed by atoms with Crippen LogP contribution in [0, 0.1) is 0 Å². The predicted octanol–water partition coefficient (Wildman–Crippen LogP) is 0.538. The Hall–Kier alpha value is -1.72. The first-order valence-electron chi connectivity index (χ1n) is 3.77. The minimum Gasteiger partial charge on any atom is -0.434 e. The van der Waals surface area contributed by atoms with Crippen molar-refractivity contribution in [1.29, 1.82) is 0 Å². The van der Waals surface area contributed by atoms with Gasteiger partial charge >= 0.3 is 6.16 Å². The predicted molar refractivity (Wildman–Crippen MR) is 45.3 cm³/mol. The number of nitrogen functional groups attached to an aromatic ring is 1. The topological polar surface area (TPSA) is 79.4 Å². The van der Waals surface area contributed by atoms with Gasteiger partial charge in [0.05, 0.1) is 12.8 Å². The fraction of sp³-hybridized carbons (Fsp3) is 0.429. The maximum atomic E-state index is 10.8. The van der Waals surface area contributed by atoms with E-state index >= 15 is 0 Å². The summed E-state index contributed by atoms with van der Waals surface area (Å²) >= 11 is 0. The molecule has 0 atom stereocenters. The van der Waals surface area contributed by atoms with Gasteiger partial charge in [-0.1, -0.05) is 0 Å². The van der Waals surface area contributed by atoms with Crippen LogP contribution in [0.5, 0.6) is 5.75 Å². The van der Waals surface area contributed by atoms with Gasteiger partial charge in [0.25, 0.3) is 0 Å². The van der Waals surface area contributed by atoms with Crippen LogP contribution in [0.3, 0.4) is 0 Å². The third kappa shape index (κ3) is 2.36. The van der Waals surface area contributed by atoms with E-state index < -0.39 is 6.16 Å². The molecule has 1 heterocycles. The van der Waals surface area contributed by atoms with E-state index in [0.717, 1.165) is 0 Å². The number of aromatic nitrogens is 2. The van der Waals surface area contributed by atoms with Crippen LogP contribution in [-0.4, -0.2) is 22.5 Å². The van der Waals surface area contributed by atoms with Crippen LogP contribution in [-0.2, 0) is 11.8 Å². The highest BCUT2D eigenvalue weighted by Crippen LogP contribution is 2.18. The molecule has 0 amide bonds. The third-order valence-corrected chi connectivity index (χ3v) is 1.28. The molecule has 72 valence electrons. The minimum atomic E-state index is -0.776. The third-order valence-electron chi connectivity index (χ3n) is 1.28. The number of anilines is 1. The number of aryl methyl sites for hydroxylation is 1. The van der Waals surface area contributed by atoms with Gasteiger partial charge < -0.3 is 15.2 Å². The lowest BCUT2D eigenvalue weighted by Gasteiger charge is -2.00. The summed E-state index contributed by atoms with van der Waals surface area (Å²) in [7, 11) is 1.67. The van der Waals surface area contributed by atoms with Gasteiger partial charge in [-0.15, -0.1) is 0 Å². The molecule has 0 saturated carbocycles. The van der Waals surface area contributed by atoms with Gasteiger partial charge in [-0.25, -0.2) is 4.79 Å². The number of nitrogens with zero attached hydrogens (tertiary/aromatic N) is 2. The van der Waals surface area contributed by atoms with E-state index in [9.17, 15) is 4.79 Å². The van der Waals surface area contributed by atoms with E-state index in [-0.39, 0.29) is 18.2 Å². The van der Waals surface area contributed by atoms with Crippen molar-refractivity contribution in [3.63, 3.8) is 0 Å². The van der Waals surface area contributed by atoms with Crippen molar-refractivity contribution in [2.75, 3.05) is 12.3 Å². The summed E-state index contributed by atoms with van der Waals surface area (Å²) in [4.78, 5) is 10.8. The molecule has 13 heavy (non-hydrogen) atoms. The van der Waals surface area contributed by atoms with Crippen LogP contribution in [0.15, 0.2) is 6.20 Å². The molecule has 0 radical (unpaired) electrons. The Balaban J connectivity index is 2.63. The first kappa shape index (κ1) is 9.37. The van der Waals surface area contributed by atoms with E-state index in [1.54, 1.807) is 14.0 Å². The number of hydrogen-bond acceptors (Lipinski definition) is 5. The normalized spacial score (nSPS) is 9.69. The summed E-state index contributed by atoms with van der Waals surface area (Å²) < 4.78 is 10.7. The van der Waals surface area contributed by atoms with Crippen molar-refractivity contribution in [3.05, 3.63) is 6.20 Å². The molecule has 0 bridgehead atoms. The van der Waals surface area contributed by atoms with E-state index in [2.05, 4.69) is 9.84 Å². The number of carbonyl (C=O) groups is 1. The molecule has 1 rings (SSSR count). The fourth-order valence-electron chi connectivity index (χ4n) is 0.800. The Morgan fingerprint density at radius 1 is 1.77 bits per heavy atom. The van der Waals surface area contributed by atoms with E-state index in [1.165, 1.54) is 10.9 Å². The molecule has 0 spiro atoms. The Bertz CT molecular complexity index is 308. The highest BCUT2D eigenvalue weighted by molar-refractivity contribution is 5.66. The summed E-state index contributed by atoms with van der Waals surface area (Å²) in [6.45, 7) is 1.95. The van der Waals surface area contributed by atoms with Gasteiger partial charge in [0.2, 0.25) is 0 Å². The van der Waals surface area contributed by atoms with Gasteiger partial charge in [-0.2, -0.15) is 5.10 Å². The van der Waals surface area contributed by atoms with Crippen molar-refractivity contribution in [2.45, 2.75) is 6.92 Å². The van der Waals surface area contributed by atoms with Gasteiger partial charge in [0.15, 0.2) is 11.6 Å². The lowest BCUT2D eigenvalue weighted by Crippen LogP contribution is -2.10. The van der Waals surface area contributed by atoms with Gasteiger partial charge in [-0.3, -0.25) is 4.68 Å². The molecule has 2 N–H and O–H groups in total. The van der Waals surface area contributed by atoms with Crippen molar-refractivity contribution >= 4 is 12.0 Å². The number of nitrogens with two attached hydrogens (primary N) is 1. The molecule has 0 aliphatic rings. The average molecular weight is 185 g/mol. The van der Waals surface area contributed by atoms with Crippen LogP contribution >= 0.6 is 0 Å². The summed E-state index contributed by atoms with van der Waals surface area (Å²) in [5, 5.41) is 3.79. The molecule has 0 aromatic carbocycles. The van der Waals surface area contributed by atoms with E-state index in [1.807, 2.05) is 0 Å². The largest absolute Gasteiger partial charge is 0.514 e. The lowest BCUT2D eigenvalue weighted by atomic mass is 10.6. The first-order valence-corrected chi connectivity index (χ1v) is 3.77. The summed E-state index contributed by atoms with van der Waals surface area (Å²) in [5.41, 5.74) is 5.42. The fourth-order valence-corrected chi connectivity index (χ4v) is 0.800. The molecular weight excluding hydrogens is 174 g/mol. The van der Waals surface area contributed by atoms with Gasteiger partial charge in [0, 0.05) is 7.05 Å². The molecule has 6 heteroatoms. The summed E-state index contributed by atoms with van der Waals surface area (Å²) in [6, 6.07) is 0. The maximum absolute atomic E-state index is 10.8. The van der Waals surface area contributed by atoms with E-state index in [0.29, 0.717) is 0 Å². The number of hydrogen-bond donors (Lipinski definition) is 1. The summed E-state index contributed by atoms with van der Waals surface area (Å²) in [5.74, 6) is 0.372. The monoisotopic (exact) mass is 185 g/mol. The molecule has 0 saturated heterocycles. The van der Waals surface area contributed by atoms with Crippen LogP contribution in [0.25, 0.3) is 0 Å². The molecule has 0 fully saturated rings. The SMILES string of the molecule is CCOC(=O)Oc1cn(C)nc1N. The van der Waals surface area contributed by atoms with Crippen LogP contribution in [0.4, 0.5) is 10.6 Å². The molecular formula is C7H11N3O3. The van der Waals surface area contributed by atoms with Crippen molar-refractivity contribution in [3.8, 4) is 5.75 Å². The lowest BCUT2D eigenvalue weighted by molar-refractivity contribution is 0.104. The number of ether oxygens (including phenoxy) is 2.